The molecule has 0 unspecified atom stereocenters. The zero-order valence-electron chi connectivity index (χ0n) is 22.6. The highest BCUT2D eigenvalue weighted by Crippen LogP contribution is 2.74. The molecule has 5 rings (SSSR count). The fourth-order valence-corrected chi connectivity index (χ4v) is 10.5. The van der Waals surface area contributed by atoms with Crippen LogP contribution >= 0.6 is 0 Å². The quantitative estimate of drug-likeness (QED) is 0.365. The summed E-state index contributed by atoms with van der Waals surface area (Å²) in [6.07, 6.45) is 9.83. The van der Waals surface area contributed by atoms with Crippen LogP contribution in [0.15, 0.2) is 11.6 Å². The van der Waals surface area contributed by atoms with Gasteiger partial charge in [-0.15, -0.1) is 0 Å². The minimum Gasteiger partial charge on any atom is -0.462 e. The molecule has 3 saturated carbocycles. The van der Waals surface area contributed by atoms with E-state index in [4.69, 9.17) is 18.9 Å². The number of hydrogen-bond donors (Lipinski definition) is 0. The van der Waals surface area contributed by atoms with Crippen molar-refractivity contribution in [3.63, 3.8) is 0 Å². The van der Waals surface area contributed by atoms with E-state index in [1.165, 1.54) is 37.7 Å². The van der Waals surface area contributed by atoms with Crippen molar-refractivity contribution in [2.24, 2.45) is 45.3 Å². The molecule has 0 amide bonds. The molecule has 4 aliphatic carbocycles. The topological polar surface area (TPSA) is 54.0 Å². The molecule has 1 heterocycles. The summed E-state index contributed by atoms with van der Waals surface area (Å²) in [6, 6.07) is 0. The molecule has 1 saturated heterocycles. The third kappa shape index (κ3) is 3.18. The van der Waals surface area contributed by atoms with Gasteiger partial charge in [-0.05, 0) is 78.1 Å². The van der Waals surface area contributed by atoms with Crippen LogP contribution < -0.4 is 0 Å². The summed E-state index contributed by atoms with van der Waals surface area (Å²) in [5, 5.41) is 0. The predicted octanol–water partition coefficient (Wildman–Crippen LogP) is 6.11. The second-order valence-electron chi connectivity index (χ2n) is 13.5. The molecule has 5 aliphatic rings. The Kier molecular flexibility index (Phi) is 5.86. The van der Waals surface area contributed by atoms with E-state index in [2.05, 4.69) is 40.7 Å². The van der Waals surface area contributed by atoms with Crippen LogP contribution in [0.25, 0.3) is 0 Å². The number of hydrogen-bond acceptors (Lipinski definition) is 5. The van der Waals surface area contributed by atoms with Gasteiger partial charge in [0.2, 0.25) is 0 Å². The lowest BCUT2D eigenvalue weighted by atomic mass is 9.34. The standard InChI is InChI=1S/C29H46O5/c1-17(30)33-22-16-21-27(4)14-9-13-26(2,3)19(27)12-15-28(21,5)20-11-10-18-23(29(20,22)6)25(32-8)34-24(18)31-7/h10,19-25H,9,11-16H2,1-8H3/t19-,20-,21+,22+,23+,24-,25+,27-,28-,29+/m0/s1. The average Bonchev–Trinajstić information content (AvgIpc) is 3.13. The summed E-state index contributed by atoms with van der Waals surface area (Å²) in [5.41, 5.74) is 1.75. The smallest absolute Gasteiger partial charge is 0.302 e. The Labute approximate surface area is 206 Å². The highest BCUT2D eigenvalue weighted by atomic mass is 16.8. The van der Waals surface area contributed by atoms with E-state index in [0.717, 1.165) is 18.8 Å². The zero-order chi connectivity index (χ0) is 24.7. The lowest BCUT2D eigenvalue weighted by molar-refractivity contribution is -0.259. The molecule has 0 bridgehead atoms. The molecule has 5 nitrogen and oxygen atoms in total. The number of carbonyl (C=O) groups excluding carboxylic acids is 1. The van der Waals surface area contributed by atoms with Crippen LogP contribution in [0.3, 0.4) is 0 Å². The van der Waals surface area contributed by atoms with Crippen LogP contribution in [0.4, 0.5) is 0 Å². The summed E-state index contributed by atoms with van der Waals surface area (Å²) in [5.74, 6) is 1.51. The summed E-state index contributed by atoms with van der Waals surface area (Å²) in [7, 11) is 3.42. The van der Waals surface area contributed by atoms with Crippen molar-refractivity contribution in [2.45, 2.75) is 105 Å². The number of fused-ring (bicyclic) bond motifs is 7. The van der Waals surface area contributed by atoms with Gasteiger partial charge in [-0.1, -0.05) is 47.1 Å². The van der Waals surface area contributed by atoms with Crippen molar-refractivity contribution >= 4 is 5.97 Å². The summed E-state index contributed by atoms with van der Waals surface area (Å²) < 4.78 is 24.1. The SMILES string of the molecule is CO[C@H]1O[C@@H](OC)[C@H]2C1=CC[C@H]1[C@]3(C)CC[C@H]4C(C)(C)CCC[C@]4(C)[C@H]3C[C@@H](OC(C)=O)[C@]21C. The van der Waals surface area contributed by atoms with Gasteiger partial charge >= 0.3 is 5.97 Å². The number of carbonyl (C=O) groups is 1. The second kappa shape index (κ2) is 8.05. The predicted molar refractivity (Wildman–Crippen MR) is 131 cm³/mol. The van der Waals surface area contributed by atoms with E-state index in [1.807, 2.05) is 0 Å². The molecule has 4 fully saturated rings. The van der Waals surface area contributed by atoms with Crippen LogP contribution in [-0.4, -0.2) is 38.9 Å². The number of rotatable bonds is 3. The van der Waals surface area contributed by atoms with Gasteiger partial charge in [0.1, 0.15) is 6.10 Å². The molecule has 0 spiro atoms. The number of allylic oxidation sites excluding steroid dienone is 1. The molecule has 5 heteroatoms. The van der Waals surface area contributed by atoms with Gasteiger partial charge in [0.15, 0.2) is 12.6 Å². The summed E-state index contributed by atoms with van der Waals surface area (Å²) in [6.45, 7) is 14.1. The molecule has 1 aliphatic heterocycles. The van der Waals surface area contributed by atoms with Crippen molar-refractivity contribution < 1.29 is 23.7 Å². The normalized spacial score (nSPS) is 51.4. The molecule has 0 N–H and O–H groups in total. The fraction of sp³-hybridized carbons (Fsp3) is 0.897. The maximum absolute atomic E-state index is 12.5. The lowest BCUT2D eigenvalue weighted by Crippen LogP contribution is -2.67. The van der Waals surface area contributed by atoms with Gasteiger partial charge in [0.25, 0.3) is 0 Å². The van der Waals surface area contributed by atoms with E-state index in [-0.39, 0.29) is 46.8 Å². The van der Waals surface area contributed by atoms with Gasteiger partial charge in [0.05, 0.1) is 0 Å². The third-order valence-electron chi connectivity index (χ3n) is 11.7. The molecular formula is C29H46O5. The fourth-order valence-electron chi connectivity index (χ4n) is 10.5. The largest absolute Gasteiger partial charge is 0.462 e. The molecule has 192 valence electrons. The van der Waals surface area contributed by atoms with Crippen LogP contribution in [0.1, 0.15) is 86.5 Å². The van der Waals surface area contributed by atoms with Crippen molar-refractivity contribution in [2.75, 3.05) is 14.2 Å². The molecule has 0 aromatic rings. The van der Waals surface area contributed by atoms with E-state index < -0.39 is 0 Å². The molecule has 0 radical (unpaired) electrons. The highest BCUT2D eigenvalue weighted by Gasteiger charge is 2.71. The first kappa shape index (κ1) is 24.8. The van der Waals surface area contributed by atoms with Gasteiger partial charge in [-0.3, -0.25) is 4.79 Å². The van der Waals surface area contributed by atoms with Gasteiger partial charge < -0.3 is 18.9 Å². The van der Waals surface area contributed by atoms with E-state index in [0.29, 0.717) is 17.3 Å². The molecule has 0 aromatic heterocycles. The third-order valence-corrected chi connectivity index (χ3v) is 11.7. The van der Waals surface area contributed by atoms with Crippen molar-refractivity contribution in [1.82, 2.24) is 0 Å². The zero-order valence-corrected chi connectivity index (χ0v) is 22.6. The van der Waals surface area contributed by atoms with Crippen LogP contribution in [0, 0.1) is 45.3 Å². The minimum absolute atomic E-state index is 0.0247. The van der Waals surface area contributed by atoms with Gasteiger partial charge in [0, 0.05) is 32.5 Å². The Morgan fingerprint density at radius 1 is 0.971 bits per heavy atom. The van der Waals surface area contributed by atoms with Crippen LogP contribution in [0.2, 0.25) is 0 Å². The summed E-state index contributed by atoms with van der Waals surface area (Å²) >= 11 is 0. The first-order valence-corrected chi connectivity index (χ1v) is 13.5. The Bertz CT molecular complexity index is 865. The molecule has 34 heavy (non-hydrogen) atoms. The minimum atomic E-state index is -0.386. The molecular weight excluding hydrogens is 428 g/mol. The maximum Gasteiger partial charge on any atom is 0.302 e. The van der Waals surface area contributed by atoms with E-state index in [1.54, 1.807) is 21.1 Å². The van der Waals surface area contributed by atoms with Crippen LogP contribution in [-0.2, 0) is 23.7 Å². The second-order valence-corrected chi connectivity index (χ2v) is 13.5. The Morgan fingerprint density at radius 3 is 2.32 bits per heavy atom. The number of methoxy groups -OCH3 is 2. The summed E-state index contributed by atoms with van der Waals surface area (Å²) in [4.78, 5) is 12.5. The Balaban J connectivity index is 1.63. The van der Waals surface area contributed by atoms with E-state index >= 15 is 0 Å². The number of ether oxygens (including phenoxy) is 4. The first-order valence-electron chi connectivity index (χ1n) is 13.5. The Hall–Kier alpha value is -0.910. The van der Waals surface area contributed by atoms with Crippen molar-refractivity contribution in [3.8, 4) is 0 Å². The first-order chi connectivity index (χ1) is 15.9. The lowest BCUT2D eigenvalue weighted by Gasteiger charge is -2.70. The average molecular weight is 475 g/mol. The van der Waals surface area contributed by atoms with E-state index in [9.17, 15) is 4.79 Å². The van der Waals surface area contributed by atoms with Crippen molar-refractivity contribution in [3.05, 3.63) is 11.6 Å². The molecule has 10 atom stereocenters. The number of esters is 1. The van der Waals surface area contributed by atoms with Gasteiger partial charge in [-0.25, -0.2) is 0 Å². The van der Waals surface area contributed by atoms with Crippen molar-refractivity contribution in [1.29, 1.82) is 0 Å². The molecule has 0 aromatic carbocycles. The van der Waals surface area contributed by atoms with Gasteiger partial charge in [-0.2, -0.15) is 0 Å². The highest BCUT2D eigenvalue weighted by molar-refractivity contribution is 5.66. The monoisotopic (exact) mass is 474 g/mol. The Morgan fingerprint density at radius 2 is 1.68 bits per heavy atom. The maximum atomic E-state index is 12.5. The van der Waals surface area contributed by atoms with Crippen LogP contribution in [0.5, 0.6) is 0 Å².